The predicted molar refractivity (Wildman–Crippen MR) is 55.3 cm³/mol. The van der Waals surface area contributed by atoms with E-state index in [1.165, 1.54) is 13.0 Å². The second-order valence-electron chi connectivity index (χ2n) is 2.80. The van der Waals surface area contributed by atoms with Crippen LogP contribution >= 0.6 is 22.6 Å². The van der Waals surface area contributed by atoms with E-state index >= 15 is 0 Å². The summed E-state index contributed by atoms with van der Waals surface area (Å²) in [5.74, 6) is -2.16. The van der Waals surface area contributed by atoms with Gasteiger partial charge < -0.3 is 9.84 Å². The predicted octanol–water partition coefficient (Wildman–Crippen LogP) is 2.59. The van der Waals surface area contributed by atoms with Crippen molar-refractivity contribution in [2.24, 2.45) is 0 Å². The molecule has 0 radical (unpaired) electrons. The molecule has 0 amide bonds. The van der Waals surface area contributed by atoms with Crippen LogP contribution in [0.15, 0.2) is 6.07 Å². The van der Waals surface area contributed by atoms with Crippen molar-refractivity contribution in [2.45, 2.75) is 13.3 Å². The molecule has 0 aliphatic carbocycles. The molecule has 0 fully saturated rings. The Labute approximate surface area is 102 Å². The molecule has 1 N–H and O–H groups in total. The minimum absolute atomic E-state index is 0.125. The minimum atomic E-state index is -4.89. The molecule has 1 rings (SSSR count). The number of halogens is 4. The number of hydrogen-bond acceptors (Lipinski definition) is 3. The van der Waals surface area contributed by atoms with E-state index < -0.39 is 23.9 Å². The maximum Gasteiger partial charge on any atom is 0.574 e. The minimum Gasteiger partial charge on any atom is -0.477 e. The lowest BCUT2D eigenvalue weighted by Gasteiger charge is -2.11. The van der Waals surface area contributed by atoms with E-state index in [9.17, 15) is 18.0 Å². The molecule has 8 heteroatoms. The third-order valence-electron chi connectivity index (χ3n) is 1.54. The molecule has 0 saturated heterocycles. The number of carbonyl (C=O) groups is 1. The number of alkyl halides is 3. The van der Waals surface area contributed by atoms with Gasteiger partial charge in [0.25, 0.3) is 0 Å². The topological polar surface area (TPSA) is 59.4 Å². The van der Waals surface area contributed by atoms with Gasteiger partial charge in [-0.1, -0.05) is 0 Å². The van der Waals surface area contributed by atoms with Gasteiger partial charge in [0.05, 0.1) is 3.57 Å². The van der Waals surface area contributed by atoms with Crippen molar-refractivity contribution in [2.75, 3.05) is 0 Å². The highest BCUT2D eigenvalue weighted by Gasteiger charge is 2.33. The molecule has 1 aromatic heterocycles. The highest BCUT2D eigenvalue weighted by atomic mass is 127. The highest BCUT2D eigenvalue weighted by Crippen LogP contribution is 2.28. The first-order valence-corrected chi connectivity index (χ1v) is 4.95. The van der Waals surface area contributed by atoms with E-state index in [0.29, 0.717) is 5.56 Å². The zero-order valence-corrected chi connectivity index (χ0v) is 9.96. The monoisotopic (exact) mass is 347 g/mol. The molecule has 0 saturated carbocycles. The number of pyridine rings is 1. The number of nitrogens with zero attached hydrogens (tertiary/aromatic N) is 1. The SMILES string of the molecule is Cc1cc(C(=O)O)nc(OC(F)(F)F)c1I. The number of aromatic nitrogens is 1. The van der Waals surface area contributed by atoms with E-state index in [1.807, 2.05) is 0 Å². The Balaban J connectivity index is 3.22. The molecule has 0 spiro atoms. The number of ether oxygens (including phenoxy) is 1. The fraction of sp³-hybridized carbons (Fsp3) is 0.250. The summed E-state index contributed by atoms with van der Waals surface area (Å²) in [4.78, 5) is 13.8. The van der Waals surface area contributed by atoms with Crippen LogP contribution in [0.2, 0.25) is 0 Å². The molecule has 0 unspecified atom stereocenters. The molecule has 16 heavy (non-hydrogen) atoms. The summed E-state index contributed by atoms with van der Waals surface area (Å²) in [6.45, 7) is 1.47. The van der Waals surface area contributed by atoms with Gasteiger partial charge in [-0.2, -0.15) is 0 Å². The molecule has 0 bridgehead atoms. The van der Waals surface area contributed by atoms with Crippen LogP contribution in [-0.2, 0) is 0 Å². The number of hydrogen-bond donors (Lipinski definition) is 1. The highest BCUT2D eigenvalue weighted by molar-refractivity contribution is 14.1. The molecule has 4 nitrogen and oxygen atoms in total. The fourth-order valence-corrected chi connectivity index (χ4v) is 1.30. The molecule has 1 heterocycles. The maximum absolute atomic E-state index is 12.0. The largest absolute Gasteiger partial charge is 0.574 e. The number of carboxylic acid groups (broad SMARTS) is 1. The fourth-order valence-electron chi connectivity index (χ4n) is 0.915. The van der Waals surface area contributed by atoms with Gasteiger partial charge in [-0.15, -0.1) is 13.2 Å². The average molecular weight is 347 g/mol. The lowest BCUT2D eigenvalue weighted by Crippen LogP contribution is -2.20. The van der Waals surface area contributed by atoms with Gasteiger partial charge in [-0.05, 0) is 41.1 Å². The molecule has 0 aromatic carbocycles. The summed E-state index contributed by atoms with van der Waals surface area (Å²) in [5.41, 5.74) is -0.135. The lowest BCUT2D eigenvalue weighted by atomic mass is 10.2. The summed E-state index contributed by atoms with van der Waals surface area (Å²) in [7, 11) is 0. The summed E-state index contributed by atoms with van der Waals surface area (Å²) in [5, 5.41) is 8.62. The zero-order chi connectivity index (χ0) is 12.5. The van der Waals surface area contributed by atoms with E-state index in [1.54, 1.807) is 22.6 Å². The van der Waals surface area contributed by atoms with Crippen molar-refractivity contribution < 1.29 is 27.8 Å². The Bertz CT molecular complexity index is 433. The normalized spacial score (nSPS) is 11.3. The first-order valence-electron chi connectivity index (χ1n) is 3.87. The van der Waals surface area contributed by atoms with Crippen LogP contribution in [0.3, 0.4) is 0 Å². The Morgan fingerprint density at radius 3 is 2.56 bits per heavy atom. The van der Waals surface area contributed by atoms with Gasteiger partial charge in [0.15, 0.2) is 5.69 Å². The van der Waals surface area contributed by atoms with Crippen LogP contribution < -0.4 is 4.74 Å². The van der Waals surface area contributed by atoms with E-state index in [2.05, 4.69) is 9.72 Å². The molecular weight excluding hydrogens is 342 g/mol. The standard InChI is InChI=1S/C8H5F3INO3/c1-3-2-4(7(14)15)13-6(5(3)12)16-8(9,10)11/h2H,1H3,(H,14,15). The summed E-state index contributed by atoms with van der Waals surface area (Å²) >= 11 is 1.60. The number of carboxylic acids is 1. The van der Waals surface area contributed by atoms with Gasteiger partial charge in [0.2, 0.25) is 5.88 Å². The van der Waals surface area contributed by atoms with Crippen LogP contribution in [0.25, 0.3) is 0 Å². The third kappa shape index (κ3) is 3.22. The molecular formula is C8H5F3INO3. The van der Waals surface area contributed by atoms with E-state index in [-0.39, 0.29) is 3.57 Å². The molecule has 1 aromatic rings. The maximum atomic E-state index is 12.0. The van der Waals surface area contributed by atoms with Crippen molar-refractivity contribution in [1.29, 1.82) is 0 Å². The number of aromatic carboxylic acids is 1. The van der Waals surface area contributed by atoms with Crippen LogP contribution in [0, 0.1) is 10.5 Å². The first kappa shape index (κ1) is 13.0. The van der Waals surface area contributed by atoms with Gasteiger partial charge >= 0.3 is 12.3 Å². The molecule has 0 aliphatic heterocycles. The average Bonchev–Trinajstić information content (AvgIpc) is 2.10. The number of aryl methyl sites for hydroxylation is 1. The van der Waals surface area contributed by atoms with Crippen molar-refractivity contribution in [1.82, 2.24) is 4.98 Å². The van der Waals surface area contributed by atoms with Crippen molar-refractivity contribution >= 4 is 28.6 Å². The Morgan fingerprint density at radius 1 is 1.56 bits per heavy atom. The molecule has 0 atom stereocenters. The second-order valence-corrected chi connectivity index (χ2v) is 3.88. The first-order chi connectivity index (χ1) is 7.20. The molecule has 88 valence electrons. The smallest absolute Gasteiger partial charge is 0.477 e. The quantitative estimate of drug-likeness (QED) is 0.836. The zero-order valence-electron chi connectivity index (χ0n) is 7.80. The lowest BCUT2D eigenvalue weighted by molar-refractivity contribution is -0.276. The van der Waals surface area contributed by atoms with Gasteiger partial charge in [0, 0.05) is 0 Å². The van der Waals surface area contributed by atoms with Crippen LogP contribution in [0.5, 0.6) is 5.88 Å². The Hall–Kier alpha value is -1.06. The Morgan fingerprint density at radius 2 is 2.12 bits per heavy atom. The van der Waals surface area contributed by atoms with Gasteiger partial charge in [-0.25, -0.2) is 9.78 Å². The van der Waals surface area contributed by atoms with Gasteiger partial charge in [-0.3, -0.25) is 0 Å². The van der Waals surface area contributed by atoms with Crippen LogP contribution in [-0.4, -0.2) is 22.4 Å². The molecule has 0 aliphatic rings. The number of rotatable bonds is 2. The summed E-state index contributed by atoms with van der Waals surface area (Å²) in [6, 6.07) is 1.17. The summed E-state index contributed by atoms with van der Waals surface area (Å²) < 4.78 is 39.7. The van der Waals surface area contributed by atoms with Gasteiger partial charge in [0.1, 0.15) is 0 Å². The van der Waals surface area contributed by atoms with Crippen molar-refractivity contribution in [3.63, 3.8) is 0 Å². The second kappa shape index (κ2) is 4.44. The van der Waals surface area contributed by atoms with E-state index in [0.717, 1.165) is 0 Å². The summed E-state index contributed by atoms with van der Waals surface area (Å²) in [6.07, 6.45) is -4.89. The van der Waals surface area contributed by atoms with E-state index in [4.69, 9.17) is 5.11 Å². The van der Waals surface area contributed by atoms with Crippen LogP contribution in [0.4, 0.5) is 13.2 Å². The third-order valence-corrected chi connectivity index (χ3v) is 2.85. The van der Waals surface area contributed by atoms with Crippen molar-refractivity contribution in [3.05, 3.63) is 20.9 Å². The van der Waals surface area contributed by atoms with Crippen molar-refractivity contribution in [3.8, 4) is 5.88 Å². The van der Waals surface area contributed by atoms with Crippen LogP contribution in [0.1, 0.15) is 16.1 Å². The Kier molecular flexibility index (Phi) is 3.61.